The largest absolute Gasteiger partial charge is 0.303 e. The zero-order valence-corrected chi connectivity index (χ0v) is 7.79. The number of Topliss-reactive ketones (excluding diaryl/α,β-unsaturated/α-hetero) is 1. The summed E-state index contributed by atoms with van der Waals surface area (Å²) in [7, 11) is 0. The van der Waals surface area contributed by atoms with E-state index in [2.05, 4.69) is 0 Å². The van der Waals surface area contributed by atoms with Crippen LogP contribution in [0, 0.1) is 0 Å². The second kappa shape index (κ2) is 3.73. The molecule has 0 aromatic rings. The highest BCUT2D eigenvalue weighted by Crippen LogP contribution is 2.30. The van der Waals surface area contributed by atoms with Gasteiger partial charge in [0.05, 0.1) is 5.25 Å². The van der Waals surface area contributed by atoms with Gasteiger partial charge in [-0.25, -0.2) is 0 Å². The Labute approximate surface area is 74.9 Å². The van der Waals surface area contributed by atoms with E-state index in [1.54, 1.807) is 0 Å². The van der Waals surface area contributed by atoms with Gasteiger partial charge in [-0.05, 0) is 18.6 Å². The Hall–Kier alpha value is -0.120. The molecule has 1 heterocycles. The molecule has 1 rings (SSSR count). The van der Waals surface area contributed by atoms with Crippen LogP contribution in [-0.2, 0) is 4.79 Å². The smallest absolute Gasteiger partial charge is 0.292 e. The zero-order chi connectivity index (χ0) is 9.19. The maximum Gasteiger partial charge on any atom is 0.303 e. The van der Waals surface area contributed by atoms with Crippen LogP contribution in [0.2, 0.25) is 0 Å². The Kier molecular flexibility index (Phi) is 3.09. The van der Waals surface area contributed by atoms with Gasteiger partial charge in [0.1, 0.15) is 0 Å². The first kappa shape index (κ1) is 9.96. The molecule has 1 saturated heterocycles. The molecule has 4 heteroatoms. The van der Waals surface area contributed by atoms with Gasteiger partial charge >= 0.3 is 5.92 Å². The van der Waals surface area contributed by atoms with E-state index in [0.717, 1.165) is 18.6 Å². The fourth-order valence-electron chi connectivity index (χ4n) is 1.23. The summed E-state index contributed by atoms with van der Waals surface area (Å²) in [6, 6.07) is 0. The first-order valence-electron chi connectivity index (χ1n) is 4.05. The Morgan fingerprint density at radius 2 is 2.17 bits per heavy atom. The van der Waals surface area contributed by atoms with Gasteiger partial charge in [-0.1, -0.05) is 6.42 Å². The van der Waals surface area contributed by atoms with E-state index in [1.807, 2.05) is 0 Å². The number of rotatable bonds is 2. The van der Waals surface area contributed by atoms with Crippen LogP contribution in [0.1, 0.15) is 26.2 Å². The molecule has 1 aliphatic rings. The van der Waals surface area contributed by atoms with Crippen molar-refractivity contribution in [3.8, 4) is 0 Å². The van der Waals surface area contributed by atoms with E-state index in [0.29, 0.717) is 13.3 Å². The predicted molar refractivity (Wildman–Crippen MR) is 45.7 cm³/mol. The lowest BCUT2D eigenvalue weighted by Gasteiger charge is -2.22. The molecule has 0 aromatic heterocycles. The fraction of sp³-hybridized carbons (Fsp3) is 0.875. The molecule has 0 bridgehead atoms. The predicted octanol–water partition coefficient (Wildman–Crippen LogP) is 2.50. The number of alkyl halides is 2. The Bertz CT molecular complexity index is 170. The number of hydrogen-bond acceptors (Lipinski definition) is 2. The lowest BCUT2D eigenvalue weighted by Crippen LogP contribution is -2.34. The fourth-order valence-corrected chi connectivity index (χ4v) is 2.58. The highest BCUT2D eigenvalue weighted by Gasteiger charge is 2.38. The molecule has 70 valence electrons. The summed E-state index contributed by atoms with van der Waals surface area (Å²) in [6.07, 6.45) is 2.57. The van der Waals surface area contributed by atoms with Crippen LogP contribution in [0.4, 0.5) is 8.78 Å². The van der Waals surface area contributed by atoms with E-state index < -0.39 is 17.0 Å². The average molecular weight is 194 g/mol. The summed E-state index contributed by atoms with van der Waals surface area (Å²) in [5, 5.41) is -0.459. The lowest BCUT2D eigenvalue weighted by atomic mass is 10.1. The molecular formula is C8H12F2OS. The van der Waals surface area contributed by atoms with Gasteiger partial charge in [0.2, 0.25) is 5.78 Å². The third-order valence-electron chi connectivity index (χ3n) is 1.90. The average Bonchev–Trinajstić information content (AvgIpc) is 2.03. The van der Waals surface area contributed by atoms with Crippen LogP contribution < -0.4 is 0 Å². The van der Waals surface area contributed by atoms with Crippen molar-refractivity contribution in [2.75, 3.05) is 5.75 Å². The number of halogens is 2. The van der Waals surface area contributed by atoms with Crippen LogP contribution in [0.25, 0.3) is 0 Å². The van der Waals surface area contributed by atoms with Crippen molar-refractivity contribution in [1.29, 1.82) is 0 Å². The topological polar surface area (TPSA) is 17.1 Å². The number of hydrogen-bond donors (Lipinski definition) is 0. The molecule has 0 saturated carbocycles. The minimum absolute atomic E-state index is 0.459. The van der Waals surface area contributed by atoms with Gasteiger partial charge in [0.15, 0.2) is 0 Å². The van der Waals surface area contributed by atoms with Crippen molar-refractivity contribution in [3.05, 3.63) is 0 Å². The molecule has 1 fully saturated rings. The maximum atomic E-state index is 12.5. The minimum atomic E-state index is -3.14. The Morgan fingerprint density at radius 1 is 1.50 bits per heavy atom. The SMILES string of the molecule is CC(F)(F)C(=O)C1CCCCS1. The molecule has 12 heavy (non-hydrogen) atoms. The van der Waals surface area contributed by atoms with Crippen molar-refractivity contribution in [3.63, 3.8) is 0 Å². The van der Waals surface area contributed by atoms with Gasteiger partial charge in [-0.3, -0.25) is 4.79 Å². The molecule has 1 nitrogen and oxygen atoms in total. The summed E-state index contributed by atoms with van der Waals surface area (Å²) < 4.78 is 25.1. The van der Waals surface area contributed by atoms with Crippen LogP contribution in [0.3, 0.4) is 0 Å². The molecule has 1 unspecified atom stereocenters. The monoisotopic (exact) mass is 194 g/mol. The van der Waals surface area contributed by atoms with E-state index in [4.69, 9.17) is 0 Å². The molecular weight excluding hydrogens is 182 g/mol. The Balaban J connectivity index is 2.51. The van der Waals surface area contributed by atoms with E-state index in [-0.39, 0.29) is 0 Å². The number of ketones is 1. The summed E-state index contributed by atoms with van der Waals surface area (Å²) in [5.41, 5.74) is 0. The van der Waals surface area contributed by atoms with Crippen molar-refractivity contribution >= 4 is 17.5 Å². The molecule has 0 radical (unpaired) electrons. The van der Waals surface area contributed by atoms with Crippen LogP contribution in [0.5, 0.6) is 0 Å². The second-order valence-electron chi connectivity index (χ2n) is 3.11. The van der Waals surface area contributed by atoms with Crippen LogP contribution in [-0.4, -0.2) is 22.7 Å². The van der Waals surface area contributed by atoms with Gasteiger partial charge in [0, 0.05) is 6.92 Å². The molecule has 0 spiro atoms. The first-order valence-corrected chi connectivity index (χ1v) is 5.10. The maximum absolute atomic E-state index is 12.5. The van der Waals surface area contributed by atoms with Crippen LogP contribution >= 0.6 is 11.8 Å². The molecule has 1 atom stereocenters. The van der Waals surface area contributed by atoms with Gasteiger partial charge < -0.3 is 0 Å². The van der Waals surface area contributed by atoms with E-state index >= 15 is 0 Å². The van der Waals surface area contributed by atoms with E-state index in [1.165, 1.54) is 11.8 Å². The standard InChI is InChI=1S/C8H12F2OS/c1-8(9,10)7(11)6-4-2-3-5-12-6/h6H,2-5H2,1H3. The molecule has 1 aliphatic heterocycles. The van der Waals surface area contributed by atoms with E-state index in [9.17, 15) is 13.6 Å². The second-order valence-corrected chi connectivity index (χ2v) is 4.42. The third kappa shape index (κ3) is 2.44. The Morgan fingerprint density at radius 3 is 2.58 bits per heavy atom. The van der Waals surface area contributed by atoms with Crippen molar-refractivity contribution in [2.24, 2.45) is 0 Å². The summed E-state index contributed by atoms with van der Waals surface area (Å²) in [5.74, 6) is -3.20. The number of carbonyl (C=O) groups excluding carboxylic acids is 1. The molecule has 0 amide bonds. The summed E-state index contributed by atoms with van der Waals surface area (Å²) in [6.45, 7) is 0.685. The normalized spacial score (nSPS) is 25.4. The quantitative estimate of drug-likeness (QED) is 0.671. The zero-order valence-electron chi connectivity index (χ0n) is 6.98. The summed E-state index contributed by atoms with van der Waals surface area (Å²) >= 11 is 1.37. The van der Waals surface area contributed by atoms with Crippen molar-refractivity contribution in [2.45, 2.75) is 37.4 Å². The van der Waals surface area contributed by atoms with Crippen molar-refractivity contribution in [1.82, 2.24) is 0 Å². The van der Waals surface area contributed by atoms with Gasteiger partial charge in [-0.15, -0.1) is 0 Å². The van der Waals surface area contributed by atoms with Crippen LogP contribution in [0.15, 0.2) is 0 Å². The number of carbonyl (C=O) groups is 1. The third-order valence-corrected chi connectivity index (χ3v) is 3.28. The highest BCUT2D eigenvalue weighted by molar-refractivity contribution is 8.00. The molecule has 0 aliphatic carbocycles. The minimum Gasteiger partial charge on any atom is -0.292 e. The number of thioether (sulfide) groups is 1. The molecule has 0 aromatic carbocycles. The lowest BCUT2D eigenvalue weighted by molar-refractivity contribution is -0.140. The summed E-state index contributed by atoms with van der Waals surface area (Å²) in [4.78, 5) is 11.0. The molecule has 0 N–H and O–H groups in total. The van der Waals surface area contributed by atoms with Gasteiger partial charge in [-0.2, -0.15) is 20.5 Å². The van der Waals surface area contributed by atoms with Crippen molar-refractivity contribution < 1.29 is 13.6 Å². The highest BCUT2D eigenvalue weighted by atomic mass is 32.2. The van der Waals surface area contributed by atoms with Gasteiger partial charge in [0.25, 0.3) is 0 Å². The first-order chi connectivity index (χ1) is 5.52.